The van der Waals surface area contributed by atoms with Gasteiger partial charge in [0, 0.05) is 13.8 Å². The van der Waals surface area contributed by atoms with Gasteiger partial charge in [0.25, 0.3) is 11.6 Å². The van der Waals surface area contributed by atoms with Gasteiger partial charge in [-0.1, -0.05) is 0 Å². The molecule has 2 aromatic heterocycles. The van der Waals surface area contributed by atoms with Gasteiger partial charge in [0.15, 0.2) is 0 Å². The Morgan fingerprint density at radius 2 is 1.07 bits per heavy atom. The highest BCUT2D eigenvalue weighted by Crippen LogP contribution is 1.90. The van der Waals surface area contributed by atoms with Crippen molar-refractivity contribution < 1.29 is 35.1 Å². The van der Waals surface area contributed by atoms with Crippen LogP contribution in [0.3, 0.4) is 0 Å². The highest BCUT2D eigenvalue weighted by atomic mass is 32.2. The summed E-state index contributed by atoms with van der Waals surface area (Å²) >= 11 is 0. The Morgan fingerprint density at radius 1 is 0.786 bits per heavy atom. The standard InChI is InChI=1S/2C7H13N2.C2H6O6S2/c2*1-4-9-6-5-8(3)7(9)2;3-9(4,5)1-2-10(6,7)8/h2*5-6H,4H2,1-3H3;1-2H2,(H,3,4,5)(H,6,7,8)/q2*+1;/p-2. The number of hydrogen-bond donors (Lipinski definition) is 0. The van der Waals surface area contributed by atoms with Crippen molar-refractivity contribution in [2.45, 2.75) is 40.8 Å². The van der Waals surface area contributed by atoms with Crippen LogP contribution in [0.25, 0.3) is 0 Å². The molecule has 0 radical (unpaired) electrons. The Bertz CT molecular complexity index is 868. The van der Waals surface area contributed by atoms with Gasteiger partial charge in [-0.3, -0.25) is 0 Å². The predicted octanol–water partition coefficient (Wildman–Crippen LogP) is -0.641. The van der Waals surface area contributed by atoms with Crippen molar-refractivity contribution in [1.29, 1.82) is 0 Å². The third kappa shape index (κ3) is 10.5. The fourth-order valence-electron chi connectivity index (χ4n) is 2.07. The zero-order valence-corrected chi connectivity index (χ0v) is 18.8. The van der Waals surface area contributed by atoms with Crippen molar-refractivity contribution in [3.63, 3.8) is 0 Å². The van der Waals surface area contributed by atoms with E-state index in [0.717, 1.165) is 13.1 Å². The van der Waals surface area contributed by atoms with Crippen molar-refractivity contribution in [2.24, 2.45) is 14.1 Å². The average Bonchev–Trinajstić information content (AvgIpc) is 3.08. The number of aromatic nitrogens is 4. The maximum absolute atomic E-state index is 9.72. The van der Waals surface area contributed by atoms with E-state index >= 15 is 0 Å². The Hall–Kier alpha value is -1.76. The summed E-state index contributed by atoms with van der Waals surface area (Å²) in [4.78, 5) is 0. The lowest BCUT2D eigenvalue weighted by molar-refractivity contribution is -0.677. The summed E-state index contributed by atoms with van der Waals surface area (Å²) in [7, 11) is -5.06. The molecule has 0 saturated heterocycles. The van der Waals surface area contributed by atoms with Crippen LogP contribution in [0, 0.1) is 13.8 Å². The number of imidazole rings is 2. The van der Waals surface area contributed by atoms with E-state index in [0.29, 0.717) is 0 Å². The first-order valence-corrected chi connectivity index (χ1v) is 11.8. The van der Waals surface area contributed by atoms with E-state index in [1.807, 2.05) is 0 Å². The lowest BCUT2D eigenvalue weighted by Crippen LogP contribution is -2.29. The highest BCUT2D eigenvalue weighted by molar-refractivity contribution is 7.89. The van der Waals surface area contributed by atoms with Gasteiger partial charge in [-0.15, -0.1) is 0 Å². The molecule has 2 aromatic rings. The molecule has 0 aliphatic heterocycles. The van der Waals surface area contributed by atoms with E-state index in [1.54, 1.807) is 0 Å². The molecule has 0 aliphatic carbocycles. The van der Waals surface area contributed by atoms with Crippen molar-refractivity contribution >= 4 is 20.2 Å². The van der Waals surface area contributed by atoms with E-state index < -0.39 is 31.7 Å². The van der Waals surface area contributed by atoms with Crippen LogP contribution in [0.4, 0.5) is 0 Å². The summed E-state index contributed by atoms with van der Waals surface area (Å²) in [6.45, 7) is 10.6. The van der Waals surface area contributed by atoms with Crippen molar-refractivity contribution in [2.75, 3.05) is 11.5 Å². The summed E-state index contributed by atoms with van der Waals surface area (Å²) < 4.78 is 67.0. The minimum absolute atomic E-state index is 1.06. The van der Waals surface area contributed by atoms with Crippen LogP contribution in [0.1, 0.15) is 25.5 Å². The third-order valence-electron chi connectivity index (χ3n) is 4.06. The molecule has 12 heteroatoms. The van der Waals surface area contributed by atoms with Crippen LogP contribution in [0.5, 0.6) is 0 Å². The van der Waals surface area contributed by atoms with E-state index in [2.05, 4.69) is 84.8 Å². The van der Waals surface area contributed by atoms with Crippen LogP contribution >= 0.6 is 0 Å². The lowest BCUT2D eigenvalue weighted by Gasteiger charge is -2.08. The van der Waals surface area contributed by atoms with Crippen LogP contribution in [-0.4, -0.2) is 46.6 Å². The zero-order valence-electron chi connectivity index (χ0n) is 17.2. The smallest absolute Gasteiger partial charge is 0.252 e. The minimum atomic E-state index is -4.59. The molecule has 0 N–H and O–H groups in total. The fourth-order valence-corrected chi connectivity index (χ4v) is 3.70. The molecule has 0 aliphatic rings. The molecule has 2 heterocycles. The maximum atomic E-state index is 9.72. The van der Waals surface area contributed by atoms with Crippen molar-refractivity contribution in [1.82, 2.24) is 9.13 Å². The molecule has 2 rings (SSSR count). The molecular weight excluding hydrogens is 408 g/mol. The minimum Gasteiger partial charge on any atom is -0.748 e. The predicted molar refractivity (Wildman–Crippen MR) is 101 cm³/mol. The quantitative estimate of drug-likeness (QED) is 0.450. The molecule has 0 amide bonds. The van der Waals surface area contributed by atoms with Crippen LogP contribution in [0.15, 0.2) is 24.8 Å². The summed E-state index contributed by atoms with van der Waals surface area (Å²) in [5, 5.41) is 0. The molecule has 162 valence electrons. The summed E-state index contributed by atoms with van der Waals surface area (Å²) in [5.74, 6) is 0.299. The van der Waals surface area contributed by atoms with E-state index in [1.165, 1.54) is 11.6 Å². The maximum Gasteiger partial charge on any atom is 0.252 e. The van der Waals surface area contributed by atoms with Gasteiger partial charge in [-0.25, -0.2) is 35.1 Å². The number of rotatable bonds is 5. The molecule has 0 atom stereocenters. The first kappa shape index (κ1) is 26.2. The first-order valence-electron chi connectivity index (χ1n) is 8.61. The van der Waals surface area contributed by atoms with Crippen LogP contribution < -0.4 is 9.13 Å². The molecule has 0 spiro atoms. The van der Waals surface area contributed by atoms with Gasteiger partial charge in [-0.2, -0.15) is 0 Å². The number of aryl methyl sites for hydroxylation is 4. The Morgan fingerprint density at radius 3 is 1.18 bits per heavy atom. The molecule has 28 heavy (non-hydrogen) atoms. The summed E-state index contributed by atoms with van der Waals surface area (Å²) in [6.07, 6.45) is 8.32. The molecular formula is C16H30N4O6S2. The first-order chi connectivity index (χ1) is 12.7. The SMILES string of the molecule is CCn1cc[n+](C)c1C.CCn1cc[n+](C)c1C.O=S(=O)([O-])CCS(=O)(=O)[O-]. The van der Waals surface area contributed by atoms with E-state index in [9.17, 15) is 25.9 Å². The third-order valence-corrected chi connectivity index (χ3v) is 5.72. The lowest BCUT2D eigenvalue weighted by atomic mass is 10.6. The second-order valence-corrected chi connectivity index (χ2v) is 9.06. The van der Waals surface area contributed by atoms with Gasteiger partial charge in [0.1, 0.15) is 24.8 Å². The van der Waals surface area contributed by atoms with Gasteiger partial charge in [0.05, 0.1) is 58.9 Å². The van der Waals surface area contributed by atoms with E-state index in [-0.39, 0.29) is 0 Å². The summed E-state index contributed by atoms with van der Waals surface area (Å²) in [5.41, 5.74) is 0. The average molecular weight is 439 g/mol. The Labute approximate surface area is 167 Å². The van der Waals surface area contributed by atoms with Gasteiger partial charge in [-0.05, 0) is 13.8 Å². The largest absolute Gasteiger partial charge is 0.748 e. The molecule has 0 saturated carbocycles. The Kier molecular flexibility index (Phi) is 10.6. The molecule has 0 fully saturated rings. The Balaban J connectivity index is 0.000000391. The van der Waals surface area contributed by atoms with Gasteiger partial charge < -0.3 is 9.11 Å². The summed E-state index contributed by atoms with van der Waals surface area (Å²) in [6, 6.07) is 0. The normalized spacial score (nSPS) is 11.3. The second-order valence-electron chi connectivity index (χ2n) is 6.01. The number of hydrogen-bond acceptors (Lipinski definition) is 6. The molecule has 0 aromatic carbocycles. The highest BCUT2D eigenvalue weighted by Gasteiger charge is 2.04. The zero-order chi connectivity index (χ0) is 22.1. The van der Waals surface area contributed by atoms with Crippen molar-refractivity contribution in [3.8, 4) is 0 Å². The molecule has 10 nitrogen and oxygen atoms in total. The van der Waals surface area contributed by atoms with E-state index in [4.69, 9.17) is 0 Å². The number of nitrogens with zero attached hydrogens (tertiary/aromatic N) is 4. The van der Waals surface area contributed by atoms with Crippen molar-refractivity contribution in [3.05, 3.63) is 36.4 Å². The van der Waals surface area contributed by atoms with Gasteiger partial charge >= 0.3 is 0 Å². The van der Waals surface area contributed by atoms with Crippen LogP contribution in [-0.2, 0) is 47.4 Å². The second kappa shape index (κ2) is 11.3. The topological polar surface area (TPSA) is 132 Å². The molecule has 0 unspecified atom stereocenters. The fraction of sp³-hybridized carbons (Fsp3) is 0.625. The molecule has 0 bridgehead atoms. The van der Waals surface area contributed by atoms with Crippen LogP contribution in [0.2, 0.25) is 0 Å². The monoisotopic (exact) mass is 438 g/mol. The van der Waals surface area contributed by atoms with Gasteiger partial charge in [0.2, 0.25) is 0 Å².